The number of hydrogen-bond acceptors (Lipinski definition) is 5. The zero-order chi connectivity index (χ0) is 28.4. The lowest BCUT2D eigenvalue weighted by atomic mass is 10.1. The Morgan fingerprint density at radius 1 is 1.07 bits per heavy atom. The summed E-state index contributed by atoms with van der Waals surface area (Å²) < 4.78 is 75.8. The van der Waals surface area contributed by atoms with E-state index >= 15 is 0 Å². The van der Waals surface area contributed by atoms with Crippen LogP contribution in [0.25, 0.3) is 16.7 Å². The van der Waals surface area contributed by atoms with Crippen LogP contribution in [0.1, 0.15) is 35.2 Å². The van der Waals surface area contributed by atoms with Crippen LogP contribution >= 0.6 is 0 Å². The molecule has 0 unspecified atom stereocenters. The molecule has 5 rings (SSSR count). The standard InChI is InChI=1S/C28H25F5N4O3/c1-16-11-18(7-8-22(16)26(38)36-17-5-6-17)37-15-35-25-23(34-10-9-28(31,32)33)13-21(14-24(25)37)39-19-3-2-4-20(12-19)40-27(29)30/h2-4,7-8,11-15,17,27,34H,5-6,9-10H2,1H3,(H,36,38). The largest absolute Gasteiger partial charge is 0.457 e. The number of aromatic nitrogens is 2. The third kappa shape index (κ3) is 6.61. The van der Waals surface area contributed by atoms with Crippen LogP contribution < -0.4 is 20.1 Å². The van der Waals surface area contributed by atoms with Crippen molar-refractivity contribution < 1.29 is 36.2 Å². The van der Waals surface area contributed by atoms with Crippen molar-refractivity contribution in [2.75, 3.05) is 11.9 Å². The molecule has 1 amide bonds. The number of ether oxygens (including phenoxy) is 2. The molecule has 0 aliphatic heterocycles. The molecule has 0 spiro atoms. The maximum absolute atomic E-state index is 12.8. The molecule has 3 aromatic carbocycles. The number of nitrogens with one attached hydrogen (secondary N) is 2. The Balaban J connectivity index is 1.49. The summed E-state index contributed by atoms with van der Waals surface area (Å²) in [6.07, 6.45) is -1.94. The Bertz CT molecular complexity index is 1530. The van der Waals surface area contributed by atoms with E-state index in [9.17, 15) is 26.7 Å². The number of alkyl halides is 5. The van der Waals surface area contributed by atoms with Gasteiger partial charge >= 0.3 is 12.8 Å². The van der Waals surface area contributed by atoms with E-state index in [2.05, 4.69) is 20.4 Å². The number of imidazole rings is 1. The van der Waals surface area contributed by atoms with E-state index in [1.807, 2.05) is 13.0 Å². The Kier molecular flexibility index (Phi) is 7.51. The van der Waals surface area contributed by atoms with Crippen LogP contribution in [-0.2, 0) is 0 Å². The number of rotatable bonds is 10. The Hall–Kier alpha value is -4.35. The first-order chi connectivity index (χ1) is 19.1. The minimum absolute atomic E-state index is 0.108. The maximum atomic E-state index is 12.8. The fraction of sp³-hybridized carbons (Fsp3) is 0.286. The topological polar surface area (TPSA) is 77.4 Å². The number of anilines is 1. The lowest BCUT2D eigenvalue weighted by Crippen LogP contribution is -2.26. The van der Waals surface area contributed by atoms with E-state index in [0.717, 1.165) is 18.4 Å². The summed E-state index contributed by atoms with van der Waals surface area (Å²) >= 11 is 0. The monoisotopic (exact) mass is 560 g/mol. The predicted octanol–water partition coefficient (Wildman–Crippen LogP) is 6.98. The minimum Gasteiger partial charge on any atom is -0.457 e. The van der Waals surface area contributed by atoms with Gasteiger partial charge in [-0.1, -0.05) is 6.07 Å². The van der Waals surface area contributed by atoms with E-state index in [1.165, 1.54) is 36.7 Å². The van der Waals surface area contributed by atoms with Crippen LogP contribution in [0.15, 0.2) is 60.9 Å². The van der Waals surface area contributed by atoms with Gasteiger partial charge in [-0.2, -0.15) is 22.0 Å². The summed E-state index contributed by atoms with van der Waals surface area (Å²) in [7, 11) is 0. The number of nitrogens with zero attached hydrogens (tertiary/aromatic N) is 2. The second-order valence-electron chi connectivity index (χ2n) is 9.45. The summed E-state index contributed by atoms with van der Waals surface area (Å²) in [4.78, 5) is 17.0. The highest BCUT2D eigenvalue weighted by Crippen LogP contribution is 2.34. The van der Waals surface area contributed by atoms with Gasteiger partial charge in [-0.15, -0.1) is 0 Å². The van der Waals surface area contributed by atoms with Crippen molar-refractivity contribution in [3.8, 4) is 22.9 Å². The third-order valence-electron chi connectivity index (χ3n) is 6.26. The molecule has 1 aromatic heterocycles. The highest BCUT2D eigenvalue weighted by molar-refractivity contribution is 5.96. The molecule has 0 atom stereocenters. The van der Waals surface area contributed by atoms with E-state index < -0.39 is 25.8 Å². The quantitative estimate of drug-likeness (QED) is 0.205. The van der Waals surface area contributed by atoms with Gasteiger partial charge in [0, 0.05) is 42.0 Å². The highest BCUT2D eigenvalue weighted by Gasteiger charge is 2.27. The molecule has 0 radical (unpaired) electrons. The normalized spacial score (nSPS) is 13.5. The summed E-state index contributed by atoms with van der Waals surface area (Å²) in [5, 5.41) is 5.74. The average Bonchev–Trinajstić information content (AvgIpc) is 3.58. The molecule has 40 heavy (non-hydrogen) atoms. The van der Waals surface area contributed by atoms with Crippen molar-refractivity contribution in [3.05, 3.63) is 72.1 Å². The molecular weight excluding hydrogens is 535 g/mol. The molecule has 1 aliphatic carbocycles. The third-order valence-corrected chi connectivity index (χ3v) is 6.26. The molecule has 1 aliphatic rings. The van der Waals surface area contributed by atoms with Crippen LogP contribution in [0.2, 0.25) is 0 Å². The Labute approximate surface area is 225 Å². The lowest BCUT2D eigenvalue weighted by molar-refractivity contribution is -0.131. The first-order valence-corrected chi connectivity index (χ1v) is 12.5. The Morgan fingerprint density at radius 3 is 2.55 bits per heavy atom. The number of fused-ring (bicyclic) bond motifs is 1. The molecule has 210 valence electrons. The van der Waals surface area contributed by atoms with E-state index in [-0.39, 0.29) is 29.2 Å². The van der Waals surface area contributed by atoms with Crippen molar-refractivity contribution >= 4 is 22.6 Å². The molecule has 7 nitrogen and oxygen atoms in total. The fourth-order valence-electron chi connectivity index (χ4n) is 4.22. The number of halogens is 5. The zero-order valence-corrected chi connectivity index (χ0v) is 21.3. The number of hydrogen-bond donors (Lipinski definition) is 2. The Morgan fingerprint density at radius 2 is 1.85 bits per heavy atom. The molecule has 1 heterocycles. The fourth-order valence-corrected chi connectivity index (χ4v) is 4.22. The number of carbonyl (C=O) groups excluding carboxylic acids is 1. The van der Waals surface area contributed by atoms with E-state index in [0.29, 0.717) is 28.0 Å². The minimum atomic E-state index is -4.35. The van der Waals surface area contributed by atoms with Crippen molar-refractivity contribution in [2.24, 2.45) is 0 Å². The maximum Gasteiger partial charge on any atom is 0.390 e. The van der Waals surface area contributed by atoms with Crippen molar-refractivity contribution in [2.45, 2.75) is 45.0 Å². The van der Waals surface area contributed by atoms with Crippen LogP contribution in [0, 0.1) is 6.92 Å². The van der Waals surface area contributed by atoms with E-state index in [4.69, 9.17) is 4.74 Å². The number of aryl methyl sites for hydroxylation is 1. The van der Waals surface area contributed by atoms with Gasteiger partial charge in [0.05, 0.1) is 17.6 Å². The summed E-state index contributed by atoms with van der Waals surface area (Å²) in [6.45, 7) is -1.59. The predicted molar refractivity (Wildman–Crippen MR) is 139 cm³/mol. The summed E-state index contributed by atoms with van der Waals surface area (Å²) in [5.74, 6) is 0.164. The first-order valence-electron chi connectivity index (χ1n) is 12.5. The second-order valence-corrected chi connectivity index (χ2v) is 9.45. The van der Waals surface area contributed by atoms with Gasteiger partial charge in [0.1, 0.15) is 29.1 Å². The van der Waals surface area contributed by atoms with Crippen LogP contribution in [0.5, 0.6) is 17.2 Å². The van der Waals surface area contributed by atoms with E-state index in [1.54, 1.807) is 22.8 Å². The van der Waals surface area contributed by atoms with Crippen molar-refractivity contribution in [3.63, 3.8) is 0 Å². The molecule has 1 fully saturated rings. The van der Waals surface area contributed by atoms with Crippen LogP contribution in [-0.4, -0.2) is 40.8 Å². The van der Waals surface area contributed by atoms with Gasteiger partial charge in [0.15, 0.2) is 0 Å². The van der Waals surface area contributed by atoms with Gasteiger partial charge < -0.3 is 20.1 Å². The highest BCUT2D eigenvalue weighted by atomic mass is 19.4. The molecule has 4 aromatic rings. The number of amides is 1. The first kappa shape index (κ1) is 27.2. The van der Waals surface area contributed by atoms with Crippen LogP contribution in [0.4, 0.5) is 27.6 Å². The zero-order valence-electron chi connectivity index (χ0n) is 21.3. The van der Waals surface area contributed by atoms with Gasteiger partial charge in [0.25, 0.3) is 5.91 Å². The number of benzene rings is 3. The van der Waals surface area contributed by atoms with Crippen molar-refractivity contribution in [1.82, 2.24) is 14.9 Å². The van der Waals surface area contributed by atoms with Crippen molar-refractivity contribution in [1.29, 1.82) is 0 Å². The van der Waals surface area contributed by atoms with Gasteiger partial charge in [0.2, 0.25) is 0 Å². The van der Waals surface area contributed by atoms with Gasteiger partial charge in [-0.05, 0) is 55.7 Å². The smallest absolute Gasteiger partial charge is 0.390 e. The van der Waals surface area contributed by atoms with Crippen LogP contribution in [0.3, 0.4) is 0 Å². The summed E-state index contributed by atoms with van der Waals surface area (Å²) in [5.41, 5.74) is 3.18. The molecule has 2 N–H and O–H groups in total. The molecule has 0 bridgehead atoms. The molecule has 12 heteroatoms. The SMILES string of the molecule is Cc1cc(-n2cnc3c(NCCC(F)(F)F)cc(Oc4cccc(OC(F)F)c4)cc32)ccc1C(=O)NC1CC1. The summed E-state index contributed by atoms with van der Waals surface area (Å²) in [6, 6.07) is 14.3. The second kappa shape index (κ2) is 11.0. The lowest BCUT2D eigenvalue weighted by Gasteiger charge is -2.14. The van der Waals surface area contributed by atoms with Gasteiger partial charge in [-0.3, -0.25) is 9.36 Å². The molecule has 0 saturated heterocycles. The van der Waals surface area contributed by atoms with Gasteiger partial charge in [-0.25, -0.2) is 4.98 Å². The molecule has 1 saturated carbocycles. The number of carbonyl (C=O) groups is 1. The molecular formula is C28H25F5N4O3. The average molecular weight is 561 g/mol.